The van der Waals surface area contributed by atoms with Crippen molar-refractivity contribution in [2.45, 2.75) is 26.0 Å². The second kappa shape index (κ2) is 7.94. The van der Waals surface area contributed by atoms with Crippen LogP contribution in [0.2, 0.25) is 0 Å². The number of hydrogen-bond donors (Lipinski definition) is 2. The van der Waals surface area contributed by atoms with Crippen molar-refractivity contribution in [2.24, 2.45) is 5.84 Å². The summed E-state index contributed by atoms with van der Waals surface area (Å²) in [7, 11) is 4.73. The van der Waals surface area contributed by atoms with Gasteiger partial charge in [-0.3, -0.25) is 11.3 Å². The molecule has 1 rings (SSSR count). The topological polar surface area (TPSA) is 75.0 Å². The van der Waals surface area contributed by atoms with E-state index in [4.69, 9.17) is 24.8 Å². The molecule has 1 atom stereocenters. The van der Waals surface area contributed by atoms with Gasteiger partial charge in [0.1, 0.15) is 0 Å². The number of nitrogens with one attached hydrogen (secondary N) is 1. The molecule has 20 heavy (non-hydrogen) atoms. The average Bonchev–Trinajstić information content (AvgIpc) is 2.46. The van der Waals surface area contributed by atoms with Crippen LogP contribution >= 0.6 is 0 Å². The first kappa shape index (κ1) is 16.6. The third-order valence-corrected chi connectivity index (χ3v) is 2.91. The standard InChI is InChI=1S/C14H24N2O4/c1-9(2)20-8-11(16-15)10-6-7-12(17-3)14(19-5)13(10)18-4/h6-7,9,11,16H,8,15H2,1-5H3. The van der Waals surface area contributed by atoms with Crippen molar-refractivity contribution >= 4 is 0 Å². The van der Waals surface area contributed by atoms with Crippen molar-refractivity contribution in [2.75, 3.05) is 27.9 Å². The Bertz CT molecular complexity index is 424. The molecule has 1 unspecified atom stereocenters. The highest BCUT2D eigenvalue weighted by Crippen LogP contribution is 2.41. The van der Waals surface area contributed by atoms with Gasteiger partial charge in [-0.05, 0) is 26.0 Å². The summed E-state index contributed by atoms with van der Waals surface area (Å²) in [5.41, 5.74) is 3.59. The molecule has 0 aliphatic heterocycles. The summed E-state index contributed by atoms with van der Waals surface area (Å²) in [6, 6.07) is 3.50. The zero-order valence-corrected chi connectivity index (χ0v) is 12.7. The maximum Gasteiger partial charge on any atom is 0.203 e. The number of methoxy groups -OCH3 is 3. The molecule has 0 fully saturated rings. The normalized spacial score (nSPS) is 12.3. The molecule has 0 radical (unpaired) electrons. The summed E-state index contributed by atoms with van der Waals surface area (Å²) < 4.78 is 21.7. The van der Waals surface area contributed by atoms with Gasteiger partial charge in [0.15, 0.2) is 11.5 Å². The monoisotopic (exact) mass is 284 g/mol. The molecule has 0 aromatic heterocycles. The van der Waals surface area contributed by atoms with Gasteiger partial charge in [-0.2, -0.15) is 0 Å². The lowest BCUT2D eigenvalue weighted by Gasteiger charge is -2.22. The van der Waals surface area contributed by atoms with Gasteiger partial charge < -0.3 is 18.9 Å². The quantitative estimate of drug-likeness (QED) is 0.558. The van der Waals surface area contributed by atoms with Crippen LogP contribution in [0.5, 0.6) is 17.2 Å². The van der Waals surface area contributed by atoms with E-state index in [1.165, 1.54) is 0 Å². The van der Waals surface area contributed by atoms with E-state index in [0.29, 0.717) is 23.9 Å². The Balaban J connectivity index is 3.14. The van der Waals surface area contributed by atoms with Gasteiger partial charge >= 0.3 is 0 Å². The highest BCUT2D eigenvalue weighted by molar-refractivity contribution is 5.56. The van der Waals surface area contributed by atoms with E-state index in [1.807, 2.05) is 26.0 Å². The second-order valence-corrected chi connectivity index (χ2v) is 4.52. The fourth-order valence-corrected chi connectivity index (χ4v) is 1.92. The van der Waals surface area contributed by atoms with Crippen LogP contribution in [0.1, 0.15) is 25.5 Å². The second-order valence-electron chi connectivity index (χ2n) is 4.52. The first-order chi connectivity index (χ1) is 9.58. The Labute approximate surface area is 120 Å². The van der Waals surface area contributed by atoms with E-state index in [0.717, 1.165) is 5.56 Å². The van der Waals surface area contributed by atoms with E-state index in [9.17, 15) is 0 Å². The lowest BCUT2D eigenvalue weighted by Crippen LogP contribution is -2.32. The average molecular weight is 284 g/mol. The maximum atomic E-state index is 5.62. The first-order valence-corrected chi connectivity index (χ1v) is 6.45. The van der Waals surface area contributed by atoms with Gasteiger partial charge in [0, 0.05) is 5.56 Å². The van der Waals surface area contributed by atoms with E-state index in [-0.39, 0.29) is 12.1 Å². The zero-order chi connectivity index (χ0) is 15.1. The minimum absolute atomic E-state index is 0.122. The minimum atomic E-state index is -0.202. The Morgan fingerprint density at radius 2 is 1.70 bits per heavy atom. The molecule has 0 saturated carbocycles. The molecule has 0 saturated heterocycles. The number of nitrogens with two attached hydrogens (primary N) is 1. The summed E-state index contributed by atoms with van der Waals surface area (Å²) in [5.74, 6) is 7.35. The Morgan fingerprint density at radius 1 is 1.05 bits per heavy atom. The number of ether oxygens (including phenoxy) is 4. The molecule has 0 amide bonds. The molecule has 0 aliphatic rings. The fraction of sp³-hybridized carbons (Fsp3) is 0.571. The van der Waals surface area contributed by atoms with Crippen molar-refractivity contribution in [3.63, 3.8) is 0 Å². The lowest BCUT2D eigenvalue weighted by molar-refractivity contribution is 0.0605. The fourth-order valence-electron chi connectivity index (χ4n) is 1.92. The number of benzene rings is 1. The number of hydrazine groups is 1. The third kappa shape index (κ3) is 3.75. The molecular weight excluding hydrogens is 260 g/mol. The largest absolute Gasteiger partial charge is 0.493 e. The SMILES string of the molecule is COc1ccc(C(COC(C)C)NN)c(OC)c1OC. The first-order valence-electron chi connectivity index (χ1n) is 6.45. The van der Waals surface area contributed by atoms with Crippen LogP contribution in [-0.4, -0.2) is 34.0 Å². The van der Waals surface area contributed by atoms with Crippen LogP contribution < -0.4 is 25.5 Å². The van der Waals surface area contributed by atoms with Crippen molar-refractivity contribution in [3.05, 3.63) is 17.7 Å². The third-order valence-electron chi connectivity index (χ3n) is 2.91. The summed E-state index contributed by atoms with van der Waals surface area (Å²) >= 11 is 0. The summed E-state index contributed by atoms with van der Waals surface area (Å²) in [6.07, 6.45) is 0.122. The summed E-state index contributed by atoms with van der Waals surface area (Å²) in [6.45, 7) is 4.37. The zero-order valence-electron chi connectivity index (χ0n) is 12.7. The molecule has 6 heteroatoms. The van der Waals surface area contributed by atoms with Crippen LogP contribution in [0, 0.1) is 0 Å². The molecule has 1 aromatic rings. The van der Waals surface area contributed by atoms with E-state index >= 15 is 0 Å². The number of rotatable bonds is 8. The van der Waals surface area contributed by atoms with Gasteiger partial charge in [0.05, 0.1) is 40.1 Å². The van der Waals surface area contributed by atoms with Crippen molar-refractivity contribution in [1.29, 1.82) is 0 Å². The van der Waals surface area contributed by atoms with E-state index < -0.39 is 0 Å². The number of hydrogen-bond acceptors (Lipinski definition) is 6. The molecule has 1 aromatic carbocycles. The predicted molar refractivity (Wildman–Crippen MR) is 77.3 cm³/mol. The molecular formula is C14H24N2O4. The van der Waals surface area contributed by atoms with Crippen molar-refractivity contribution in [1.82, 2.24) is 5.43 Å². The van der Waals surface area contributed by atoms with Gasteiger partial charge in [-0.25, -0.2) is 0 Å². The van der Waals surface area contributed by atoms with Crippen LogP contribution in [-0.2, 0) is 4.74 Å². The van der Waals surface area contributed by atoms with Crippen LogP contribution in [0.4, 0.5) is 0 Å². The maximum absolute atomic E-state index is 5.62. The van der Waals surface area contributed by atoms with Gasteiger partial charge in [0.25, 0.3) is 0 Å². The summed E-state index contributed by atoms with van der Waals surface area (Å²) in [5, 5.41) is 0. The van der Waals surface area contributed by atoms with Crippen LogP contribution in [0.3, 0.4) is 0 Å². The minimum Gasteiger partial charge on any atom is -0.493 e. The molecule has 114 valence electrons. The van der Waals surface area contributed by atoms with E-state index in [1.54, 1.807) is 21.3 Å². The molecule has 3 N–H and O–H groups in total. The van der Waals surface area contributed by atoms with Crippen molar-refractivity contribution in [3.8, 4) is 17.2 Å². The van der Waals surface area contributed by atoms with Crippen LogP contribution in [0.15, 0.2) is 12.1 Å². The predicted octanol–water partition coefficient (Wildman–Crippen LogP) is 1.64. The highest BCUT2D eigenvalue weighted by Gasteiger charge is 2.22. The Kier molecular flexibility index (Phi) is 6.57. The molecule has 0 spiro atoms. The smallest absolute Gasteiger partial charge is 0.203 e. The Hall–Kier alpha value is -1.50. The summed E-state index contributed by atoms with van der Waals surface area (Å²) in [4.78, 5) is 0. The van der Waals surface area contributed by atoms with Gasteiger partial charge in [0.2, 0.25) is 5.75 Å². The molecule has 0 heterocycles. The van der Waals surface area contributed by atoms with Gasteiger partial charge in [-0.1, -0.05) is 0 Å². The van der Waals surface area contributed by atoms with Crippen LogP contribution in [0.25, 0.3) is 0 Å². The molecule has 0 aliphatic carbocycles. The van der Waals surface area contributed by atoms with Crippen molar-refractivity contribution < 1.29 is 18.9 Å². The Morgan fingerprint density at radius 3 is 2.15 bits per heavy atom. The molecule has 0 bridgehead atoms. The van der Waals surface area contributed by atoms with E-state index in [2.05, 4.69) is 5.43 Å². The van der Waals surface area contributed by atoms with Gasteiger partial charge in [-0.15, -0.1) is 0 Å². The molecule has 6 nitrogen and oxygen atoms in total. The lowest BCUT2D eigenvalue weighted by atomic mass is 10.1. The highest BCUT2D eigenvalue weighted by atomic mass is 16.5.